The van der Waals surface area contributed by atoms with Crippen molar-refractivity contribution >= 4 is 7.60 Å². The highest BCUT2D eigenvalue weighted by molar-refractivity contribution is 7.57. The van der Waals surface area contributed by atoms with E-state index in [4.69, 9.17) is 9.05 Å². The summed E-state index contributed by atoms with van der Waals surface area (Å²) in [6.45, 7) is 6.50. The Kier molecular flexibility index (Phi) is 7.25. The highest BCUT2D eigenvalue weighted by atomic mass is 31.2. The van der Waals surface area contributed by atoms with E-state index in [1.807, 2.05) is 6.08 Å². The van der Waals surface area contributed by atoms with E-state index in [1.165, 1.54) is 0 Å². The zero-order chi connectivity index (χ0) is 10.2. The molecule has 0 aromatic heterocycles. The fourth-order valence-corrected chi connectivity index (χ4v) is 2.23. The third kappa shape index (κ3) is 6.03. The minimum Gasteiger partial charge on any atom is -0.306 e. The van der Waals surface area contributed by atoms with Crippen molar-refractivity contribution in [3.05, 3.63) is 11.9 Å². The molecule has 3 nitrogen and oxygen atoms in total. The summed E-state index contributed by atoms with van der Waals surface area (Å²) >= 11 is 0. The van der Waals surface area contributed by atoms with Crippen LogP contribution in [0, 0.1) is 0 Å². The number of allylic oxidation sites excluding steroid dienone is 1. The minimum absolute atomic E-state index is 0.410. The number of hydrogen-bond donors (Lipinski definition) is 0. The molecule has 0 aliphatic heterocycles. The van der Waals surface area contributed by atoms with Gasteiger partial charge in [0.2, 0.25) is 0 Å². The van der Waals surface area contributed by atoms with Crippen LogP contribution in [0.25, 0.3) is 0 Å². The van der Waals surface area contributed by atoms with Gasteiger partial charge in [-0.15, -0.1) is 0 Å². The van der Waals surface area contributed by atoms with Crippen molar-refractivity contribution in [2.24, 2.45) is 0 Å². The Labute approximate surface area is 80.7 Å². The molecular formula is C9H19O3P. The molecule has 0 N–H and O–H groups in total. The molecule has 0 aliphatic carbocycles. The van der Waals surface area contributed by atoms with Gasteiger partial charge in [0.15, 0.2) is 0 Å². The SMILES string of the molecule is CCCC=CP(=O)(OCC)OCC. The van der Waals surface area contributed by atoms with Gasteiger partial charge in [0, 0.05) is 5.82 Å². The monoisotopic (exact) mass is 206 g/mol. The first-order chi connectivity index (χ1) is 6.18. The largest absolute Gasteiger partial charge is 0.353 e. The Morgan fingerprint density at radius 1 is 1.15 bits per heavy atom. The maximum absolute atomic E-state index is 11.8. The van der Waals surface area contributed by atoms with Crippen LogP contribution in [-0.4, -0.2) is 13.2 Å². The zero-order valence-electron chi connectivity index (χ0n) is 8.66. The van der Waals surface area contributed by atoms with Crippen molar-refractivity contribution in [3.8, 4) is 0 Å². The molecule has 0 aromatic rings. The van der Waals surface area contributed by atoms with Crippen molar-refractivity contribution in [2.45, 2.75) is 33.6 Å². The van der Waals surface area contributed by atoms with Crippen LogP contribution in [0.5, 0.6) is 0 Å². The molecule has 13 heavy (non-hydrogen) atoms. The maximum atomic E-state index is 11.8. The van der Waals surface area contributed by atoms with Crippen LogP contribution in [0.1, 0.15) is 33.6 Å². The van der Waals surface area contributed by atoms with Gasteiger partial charge in [0.1, 0.15) is 0 Å². The van der Waals surface area contributed by atoms with Crippen molar-refractivity contribution in [3.63, 3.8) is 0 Å². The Morgan fingerprint density at radius 3 is 2.08 bits per heavy atom. The Balaban J connectivity index is 4.14. The summed E-state index contributed by atoms with van der Waals surface area (Å²) in [5.74, 6) is 1.56. The fourth-order valence-electron chi connectivity index (χ4n) is 0.854. The number of unbranched alkanes of at least 4 members (excludes halogenated alkanes) is 1. The van der Waals surface area contributed by atoms with E-state index in [9.17, 15) is 4.57 Å². The maximum Gasteiger partial charge on any atom is 0.353 e. The predicted octanol–water partition coefficient (Wildman–Crippen LogP) is 3.57. The van der Waals surface area contributed by atoms with Gasteiger partial charge in [0.25, 0.3) is 0 Å². The third-order valence-corrected chi connectivity index (χ3v) is 3.17. The molecule has 0 amide bonds. The van der Waals surface area contributed by atoms with Gasteiger partial charge in [-0.1, -0.05) is 19.4 Å². The average Bonchev–Trinajstić information content (AvgIpc) is 2.05. The molecular weight excluding hydrogens is 187 g/mol. The average molecular weight is 206 g/mol. The first kappa shape index (κ1) is 12.9. The normalized spacial score (nSPS) is 12.5. The molecule has 0 spiro atoms. The lowest BCUT2D eigenvalue weighted by atomic mass is 10.3. The summed E-state index contributed by atoms with van der Waals surface area (Å²) in [6, 6.07) is 0. The van der Waals surface area contributed by atoms with Gasteiger partial charge in [-0.2, -0.15) is 0 Å². The summed E-state index contributed by atoms with van der Waals surface area (Å²) in [4.78, 5) is 0. The van der Waals surface area contributed by atoms with E-state index >= 15 is 0 Å². The van der Waals surface area contributed by atoms with Crippen molar-refractivity contribution in [1.82, 2.24) is 0 Å². The van der Waals surface area contributed by atoms with E-state index in [0.717, 1.165) is 12.8 Å². The van der Waals surface area contributed by atoms with Gasteiger partial charge >= 0.3 is 7.60 Å². The first-order valence-corrected chi connectivity index (χ1v) is 6.36. The summed E-state index contributed by atoms with van der Waals surface area (Å²) in [7, 11) is -2.93. The zero-order valence-corrected chi connectivity index (χ0v) is 9.55. The smallest absolute Gasteiger partial charge is 0.306 e. The molecule has 0 unspecified atom stereocenters. The topological polar surface area (TPSA) is 35.5 Å². The highest BCUT2D eigenvalue weighted by Crippen LogP contribution is 2.49. The molecule has 0 saturated heterocycles. The van der Waals surface area contributed by atoms with Crippen LogP contribution in [0.2, 0.25) is 0 Å². The van der Waals surface area contributed by atoms with E-state index in [2.05, 4.69) is 6.92 Å². The van der Waals surface area contributed by atoms with Crippen LogP contribution < -0.4 is 0 Å². The molecule has 0 aliphatic rings. The Hall–Kier alpha value is -0.110. The summed E-state index contributed by atoms with van der Waals surface area (Å²) in [6.07, 6.45) is 3.80. The number of hydrogen-bond acceptors (Lipinski definition) is 3. The van der Waals surface area contributed by atoms with Crippen LogP contribution in [-0.2, 0) is 13.6 Å². The van der Waals surface area contributed by atoms with Gasteiger partial charge in [-0.05, 0) is 20.3 Å². The van der Waals surface area contributed by atoms with Crippen LogP contribution in [0.3, 0.4) is 0 Å². The van der Waals surface area contributed by atoms with Gasteiger partial charge < -0.3 is 9.05 Å². The van der Waals surface area contributed by atoms with Crippen LogP contribution in [0.4, 0.5) is 0 Å². The van der Waals surface area contributed by atoms with E-state index in [1.54, 1.807) is 19.7 Å². The molecule has 4 heteroatoms. The molecule has 0 saturated carbocycles. The molecule has 0 heterocycles. The first-order valence-electron chi connectivity index (χ1n) is 4.75. The third-order valence-electron chi connectivity index (χ3n) is 1.36. The Bertz CT molecular complexity index is 179. The molecule has 0 bridgehead atoms. The molecule has 0 fully saturated rings. The summed E-state index contributed by atoms with van der Waals surface area (Å²) < 4.78 is 21.9. The van der Waals surface area contributed by atoms with Crippen molar-refractivity contribution in [1.29, 1.82) is 0 Å². The molecule has 78 valence electrons. The van der Waals surface area contributed by atoms with Crippen LogP contribution >= 0.6 is 7.60 Å². The van der Waals surface area contributed by atoms with Gasteiger partial charge in [0.05, 0.1) is 13.2 Å². The standard InChI is InChI=1S/C9H19O3P/c1-4-7-8-9-13(10,11-5-2)12-6-3/h8-9H,4-7H2,1-3H3. The Morgan fingerprint density at radius 2 is 1.69 bits per heavy atom. The fraction of sp³-hybridized carbons (Fsp3) is 0.778. The quantitative estimate of drug-likeness (QED) is 0.597. The minimum atomic E-state index is -2.93. The van der Waals surface area contributed by atoms with Crippen LogP contribution in [0.15, 0.2) is 11.9 Å². The van der Waals surface area contributed by atoms with Crippen molar-refractivity contribution in [2.75, 3.05) is 13.2 Å². The summed E-state index contributed by atoms with van der Waals surface area (Å²) in [5.41, 5.74) is 0. The second-order valence-electron chi connectivity index (χ2n) is 2.55. The van der Waals surface area contributed by atoms with Crippen molar-refractivity contribution < 1.29 is 13.6 Å². The second-order valence-corrected chi connectivity index (χ2v) is 4.44. The lowest BCUT2D eigenvalue weighted by molar-refractivity contribution is 0.229. The lowest BCUT2D eigenvalue weighted by Gasteiger charge is -2.12. The lowest BCUT2D eigenvalue weighted by Crippen LogP contribution is -1.92. The highest BCUT2D eigenvalue weighted by Gasteiger charge is 2.17. The predicted molar refractivity (Wildman–Crippen MR) is 54.9 cm³/mol. The van der Waals surface area contributed by atoms with E-state index < -0.39 is 7.60 Å². The van der Waals surface area contributed by atoms with Gasteiger partial charge in [-0.25, -0.2) is 0 Å². The summed E-state index contributed by atoms with van der Waals surface area (Å²) in [5, 5.41) is 0. The molecule has 0 rings (SSSR count). The molecule has 0 radical (unpaired) electrons. The number of rotatable bonds is 7. The second kappa shape index (κ2) is 7.31. The van der Waals surface area contributed by atoms with E-state index in [-0.39, 0.29) is 0 Å². The molecule has 0 atom stereocenters. The molecule has 0 aromatic carbocycles. The van der Waals surface area contributed by atoms with Gasteiger partial charge in [-0.3, -0.25) is 4.57 Å². The van der Waals surface area contributed by atoms with E-state index in [0.29, 0.717) is 13.2 Å².